The highest BCUT2D eigenvalue weighted by Crippen LogP contribution is 2.12. The van der Waals surface area contributed by atoms with E-state index in [0.717, 1.165) is 12.8 Å². The third-order valence-electron chi connectivity index (χ3n) is 3.42. The lowest BCUT2D eigenvalue weighted by Crippen LogP contribution is -1.94. The molecule has 2 nitrogen and oxygen atoms in total. The molecule has 2 heteroatoms. The second-order valence-corrected chi connectivity index (χ2v) is 5.45. The maximum Gasteiger partial charge on any atom is 0.303 e. The average Bonchev–Trinajstić information content (AvgIpc) is 2.39. The van der Waals surface area contributed by atoms with Crippen molar-refractivity contribution in [2.75, 3.05) is 0 Å². The summed E-state index contributed by atoms with van der Waals surface area (Å²) < 4.78 is 4.78. The van der Waals surface area contributed by atoms with E-state index in [1.54, 1.807) is 6.61 Å². The fourth-order valence-electron chi connectivity index (χ4n) is 2.24. The van der Waals surface area contributed by atoms with Crippen LogP contribution in [0.15, 0.2) is 0 Å². The standard InChI is InChI=1S/C17H33O2/c1-3-4-5-6-7-8-9-10-11-12-13-14-15-16-19-17(2)18/h16H,3-15H2,1-2H3. The van der Waals surface area contributed by atoms with Crippen molar-refractivity contribution in [1.82, 2.24) is 0 Å². The van der Waals surface area contributed by atoms with Gasteiger partial charge in [0.1, 0.15) is 6.61 Å². The smallest absolute Gasteiger partial charge is 0.303 e. The Morgan fingerprint density at radius 1 is 0.789 bits per heavy atom. The van der Waals surface area contributed by atoms with Crippen molar-refractivity contribution >= 4 is 5.97 Å². The normalized spacial score (nSPS) is 10.6. The van der Waals surface area contributed by atoms with Crippen molar-refractivity contribution in [3.8, 4) is 0 Å². The quantitative estimate of drug-likeness (QED) is 0.294. The van der Waals surface area contributed by atoms with Gasteiger partial charge in [0.2, 0.25) is 0 Å². The summed E-state index contributed by atoms with van der Waals surface area (Å²) in [6.07, 6.45) is 17.2. The van der Waals surface area contributed by atoms with Gasteiger partial charge in [-0.3, -0.25) is 4.79 Å². The number of ether oxygens (including phenoxy) is 1. The molecule has 0 amide bonds. The van der Waals surface area contributed by atoms with Crippen LogP contribution in [-0.4, -0.2) is 5.97 Å². The molecule has 0 fully saturated rings. The predicted molar refractivity (Wildman–Crippen MR) is 81.8 cm³/mol. The van der Waals surface area contributed by atoms with E-state index in [1.165, 1.54) is 77.6 Å². The first-order valence-electron chi connectivity index (χ1n) is 8.26. The van der Waals surface area contributed by atoms with Gasteiger partial charge in [0.15, 0.2) is 0 Å². The third-order valence-corrected chi connectivity index (χ3v) is 3.42. The molecular weight excluding hydrogens is 236 g/mol. The molecule has 0 unspecified atom stereocenters. The Kier molecular flexibility index (Phi) is 15.1. The Morgan fingerprint density at radius 3 is 1.63 bits per heavy atom. The Morgan fingerprint density at radius 2 is 1.21 bits per heavy atom. The van der Waals surface area contributed by atoms with Crippen LogP contribution in [0.5, 0.6) is 0 Å². The monoisotopic (exact) mass is 269 g/mol. The third kappa shape index (κ3) is 17.5. The molecule has 0 aliphatic rings. The lowest BCUT2D eigenvalue weighted by molar-refractivity contribution is -0.137. The second kappa shape index (κ2) is 15.5. The van der Waals surface area contributed by atoms with Crippen LogP contribution in [0.3, 0.4) is 0 Å². The van der Waals surface area contributed by atoms with E-state index < -0.39 is 0 Å². The van der Waals surface area contributed by atoms with E-state index >= 15 is 0 Å². The van der Waals surface area contributed by atoms with Gasteiger partial charge in [-0.25, -0.2) is 0 Å². The topological polar surface area (TPSA) is 26.3 Å². The van der Waals surface area contributed by atoms with Gasteiger partial charge >= 0.3 is 5.97 Å². The van der Waals surface area contributed by atoms with E-state index in [4.69, 9.17) is 4.74 Å². The molecule has 0 atom stereocenters. The van der Waals surface area contributed by atoms with Gasteiger partial charge in [-0.05, 0) is 12.8 Å². The number of hydrogen-bond donors (Lipinski definition) is 0. The van der Waals surface area contributed by atoms with Gasteiger partial charge < -0.3 is 4.74 Å². The first-order chi connectivity index (χ1) is 9.27. The highest BCUT2D eigenvalue weighted by Gasteiger charge is 1.95. The number of unbranched alkanes of at least 4 members (excludes halogenated alkanes) is 12. The Hall–Kier alpha value is -0.530. The predicted octanol–water partition coefficient (Wildman–Crippen LogP) is 5.80. The summed E-state index contributed by atoms with van der Waals surface area (Å²) in [5.41, 5.74) is 0. The molecule has 0 N–H and O–H groups in total. The van der Waals surface area contributed by atoms with Gasteiger partial charge in [0.25, 0.3) is 0 Å². The minimum atomic E-state index is -0.209. The van der Waals surface area contributed by atoms with Crippen molar-refractivity contribution in [2.45, 2.75) is 97.3 Å². The van der Waals surface area contributed by atoms with E-state index in [2.05, 4.69) is 6.92 Å². The number of esters is 1. The molecule has 1 radical (unpaired) electrons. The van der Waals surface area contributed by atoms with E-state index in [-0.39, 0.29) is 5.97 Å². The summed E-state index contributed by atoms with van der Waals surface area (Å²) in [6, 6.07) is 0. The molecule has 0 aromatic carbocycles. The summed E-state index contributed by atoms with van der Waals surface area (Å²) in [7, 11) is 0. The van der Waals surface area contributed by atoms with Gasteiger partial charge in [-0.15, -0.1) is 0 Å². The maximum atomic E-state index is 10.5. The molecule has 0 aliphatic heterocycles. The number of rotatable bonds is 14. The zero-order valence-corrected chi connectivity index (χ0v) is 13.1. The fourth-order valence-corrected chi connectivity index (χ4v) is 2.24. The molecule has 0 saturated heterocycles. The van der Waals surface area contributed by atoms with Crippen molar-refractivity contribution in [2.24, 2.45) is 0 Å². The molecule has 0 saturated carbocycles. The van der Waals surface area contributed by atoms with E-state index in [1.807, 2.05) is 0 Å². The Labute approximate surface area is 120 Å². The minimum Gasteiger partial charge on any atom is -0.459 e. The van der Waals surface area contributed by atoms with Crippen molar-refractivity contribution in [1.29, 1.82) is 0 Å². The SMILES string of the molecule is CCCCCCCCCCCCCC[CH]OC(C)=O. The number of carbonyl (C=O) groups is 1. The van der Waals surface area contributed by atoms with Crippen molar-refractivity contribution < 1.29 is 9.53 Å². The van der Waals surface area contributed by atoms with Crippen LogP contribution in [0, 0.1) is 6.61 Å². The summed E-state index contributed by atoms with van der Waals surface area (Å²) in [4.78, 5) is 10.5. The summed E-state index contributed by atoms with van der Waals surface area (Å²) >= 11 is 0. The van der Waals surface area contributed by atoms with E-state index in [0.29, 0.717) is 0 Å². The van der Waals surface area contributed by atoms with Gasteiger partial charge in [0, 0.05) is 6.92 Å². The minimum absolute atomic E-state index is 0.209. The lowest BCUT2D eigenvalue weighted by Gasteiger charge is -2.03. The number of carbonyl (C=O) groups excluding carboxylic acids is 1. The Balaban J connectivity index is 2.93. The molecule has 113 valence electrons. The molecular formula is C17H33O2. The molecule has 0 bridgehead atoms. The first kappa shape index (κ1) is 18.5. The first-order valence-corrected chi connectivity index (χ1v) is 8.26. The lowest BCUT2D eigenvalue weighted by atomic mass is 10.0. The van der Waals surface area contributed by atoms with Gasteiger partial charge in [0.05, 0.1) is 0 Å². The zero-order valence-electron chi connectivity index (χ0n) is 13.1. The molecule has 0 aliphatic carbocycles. The van der Waals surface area contributed by atoms with E-state index in [9.17, 15) is 4.79 Å². The van der Waals surface area contributed by atoms with Gasteiger partial charge in [-0.1, -0.05) is 77.6 Å². The van der Waals surface area contributed by atoms with Gasteiger partial charge in [-0.2, -0.15) is 0 Å². The van der Waals surface area contributed by atoms with Crippen LogP contribution in [0.4, 0.5) is 0 Å². The largest absolute Gasteiger partial charge is 0.459 e. The molecule has 0 aromatic heterocycles. The summed E-state index contributed by atoms with van der Waals surface area (Å²) in [5.74, 6) is -0.209. The average molecular weight is 269 g/mol. The molecule has 0 heterocycles. The summed E-state index contributed by atoms with van der Waals surface area (Å²) in [6.45, 7) is 5.35. The van der Waals surface area contributed by atoms with Crippen LogP contribution in [0.25, 0.3) is 0 Å². The van der Waals surface area contributed by atoms with Crippen molar-refractivity contribution in [3.05, 3.63) is 6.61 Å². The zero-order chi connectivity index (χ0) is 14.2. The maximum absolute atomic E-state index is 10.5. The summed E-state index contributed by atoms with van der Waals surface area (Å²) in [5, 5.41) is 0. The van der Waals surface area contributed by atoms with Crippen LogP contribution < -0.4 is 0 Å². The highest BCUT2D eigenvalue weighted by molar-refractivity contribution is 5.66. The molecule has 0 spiro atoms. The highest BCUT2D eigenvalue weighted by atomic mass is 16.5. The van der Waals surface area contributed by atoms with Crippen molar-refractivity contribution in [3.63, 3.8) is 0 Å². The fraction of sp³-hybridized carbons (Fsp3) is 0.882. The second-order valence-electron chi connectivity index (χ2n) is 5.45. The molecule has 0 aromatic rings. The van der Waals surface area contributed by atoms with Crippen LogP contribution in [-0.2, 0) is 9.53 Å². The Bertz CT molecular complexity index is 190. The number of hydrogen-bond acceptors (Lipinski definition) is 2. The molecule has 0 rings (SSSR count). The molecule has 19 heavy (non-hydrogen) atoms. The van der Waals surface area contributed by atoms with Crippen LogP contribution in [0.1, 0.15) is 97.3 Å². The van der Waals surface area contributed by atoms with Crippen LogP contribution in [0.2, 0.25) is 0 Å². The van der Waals surface area contributed by atoms with Crippen LogP contribution >= 0.6 is 0 Å².